The third kappa shape index (κ3) is 2.28. The summed E-state index contributed by atoms with van der Waals surface area (Å²) in [5.74, 6) is 0. The summed E-state index contributed by atoms with van der Waals surface area (Å²) in [6, 6.07) is 13.2. The molecule has 3 aromatic rings. The largest absolute Gasteiger partial charge is 0.268 e. The molecule has 1 aliphatic carbocycles. The van der Waals surface area contributed by atoms with Crippen LogP contribution in [0.4, 0.5) is 0 Å². The van der Waals surface area contributed by atoms with E-state index >= 15 is 0 Å². The van der Waals surface area contributed by atoms with Crippen molar-refractivity contribution in [1.82, 2.24) is 3.97 Å². The molecule has 0 N–H and O–H groups in total. The first-order valence-corrected chi connectivity index (χ1v) is 9.87. The highest BCUT2D eigenvalue weighted by molar-refractivity contribution is 7.90. The van der Waals surface area contributed by atoms with Gasteiger partial charge in [0.2, 0.25) is 0 Å². The third-order valence-corrected chi connectivity index (χ3v) is 6.70. The smallest absolute Gasteiger partial charge is 0.238 e. The maximum atomic E-state index is 13.3. The van der Waals surface area contributed by atoms with Gasteiger partial charge >= 0.3 is 0 Å². The zero-order valence-corrected chi connectivity index (χ0v) is 14.9. The second-order valence-electron chi connectivity index (χ2n) is 6.74. The van der Waals surface area contributed by atoms with E-state index in [1.807, 2.05) is 31.2 Å². The molecule has 4 rings (SSSR count). The lowest BCUT2D eigenvalue weighted by Gasteiger charge is -2.16. The van der Waals surface area contributed by atoms with Gasteiger partial charge in [0, 0.05) is 11.1 Å². The quantitative estimate of drug-likeness (QED) is 0.695. The van der Waals surface area contributed by atoms with Gasteiger partial charge in [0.25, 0.3) is 10.0 Å². The molecule has 3 nitrogen and oxygen atoms in total. The van der Waals surface area contributed by atoms with Gasteiger partial charge in [-0.2, -0.15) is 0 Å². The van der Waals surface area contributed by atoms with Gasteiger partial charge in [0.05, 0.1) is 10.4 Å². The maximum absolute atomic E-state index is 13.3. The van der Waals surface area contributed by atoms with Gasteiger partial charge in [-0.3, -0.25) is 0 Å². The molecule has 4 heteroatoms. The Bertz CT molecular complexity index is 1030. The van der Waals surface area contributed by atoms with Crippen LogP contribution in [0.25, 0.3) is 10.9 Å². The van der Waals surface area contributed by atoms with Crippen LogP contribution in [0.2, 0.25) is 0 Å². The zero-order valence-electron chi connectivity index (χ0n) is 14.0. The minimum absolute atomic E-state index is 0.360. The number of hydrogen-bond donors (Lipinski definition) is 0. The molecular weight excluding hydrogens is 318 g/mol. The molecular formula is C20H21NO2S. The highest BCUT2D eigenvalue weighted by Gasteiger charge is 2.28. The van der Waals surface area contributed by atoms with Gasteiger partial charge in [-0.1, -0.05) is 29.3 Å². The van der Waals surface area contributed by atoms with Crippen molar-refractivity contribution in [2.75, 3.05) is 0 Å². The zero-order chi connectivity index (χ0) is 16.9. The predicted molar refractivity (Wildman–Crippen MR) is 97.1 cm³/mol. The Morgan fingerprint density at radius 3 is 2.29 bits per heavy atom. The van der Waals surface area contributed by atoms with Crippen LogP contribution in [-0.4, -0.2) is 12.4 Å². The van der Waals surface area contributed by atoms with Crippen molar-refractivity contribution in [3.05, 3.63) is 64.8 Å². The van der Waals surface area contributed by atoms with Crippen LogP contribution in [0.5, 0.6) is 0 Å². The van der Waals surface area contributed by atoms with E-state index in [0.29, 0.717) is 4.90 Å². The monoisotopic (exact) mass is 339 g/mol. The van der Waals surface area contributed by atoms with Crippen LogP contribution in [-0.2, 0) is 22.9 Å². The molecule has 0 amide bonds. The molecule has 1 aromatic heterocycles. The molecule has 0 fully saturated rings. The molecule has 0 radical (unpaired) electrons. The topological polar surface area (TPSA) is 39.1 Å². The van der Waals surface area contributed by atoms with Gasteiger partial charge in [-0.05, 0) is 69.4 Å². The summed E-state index contributed by atoms with van der Waals surface area (Å²) in [4.78, 5) is 0.360. The Hall–Kier alpha value is -2.07. The first-order valence-electron chi connectivity index (χ1n) is 8.43. The minimum atomic E-state index is -3.58. The molecule has 24 heavy (non-hydrogen) atoms. The Labute approximate surface area is 143 Å². The average Bonchev–Trinajstić information content (AvgIpc) is 2.90. The SMILES string of the molecule is Cc1ccc(S(=O)(=O)n2c3c(c4cc(C)ccc42)CCCC3)cc1. The first-order chi connectivity index (χ1) is 11.5. The van der Waals surface area contributed by atoms with Crippen LogP contribution in [0.1, 0.15) is 35.2 Å². The molecule has 1 aliphatic rings. The van der Waals surface area contributed by atoms with E-state index in [1.165, 1.54) is 11.1 Å². The van der Waals surface area contributed by atoms with Crippen LogP contribution >= 0.6 is 0 Å². The Balaban J connectivity index is 2.04. The molecule has 124 valence electrons. The van der Waals surface area contributed by atoms with Gasteiger partial charge in [0.1, 0.15) is 0 Å². The van der Waals surface area contributed by atoms with Crippen molar-refractivity contribution in [2.45, 2.75) is 44.4 Å². The summed E-state index contributed by atoms with van der Waals surface area (Å²) >= 11 is 0. The fourth-order valence-corrected chi connectivity index (χ4v) is 5.31. The second-order valence-corrected chi connectivity index (χ2v) is 8.52. The van der Waals surface area contributed by atoms with Crippen molar-refractivity contribution >= 4 is 20.9 Å². The second kappa shape index (κ2) is 5.49. The lowest BCUT2D eigenvalue weighted by Crippen LogP contribution is -2.17. The third-order valence-electron chi connectivity index (χ3n) is 4.94. The van der Waals surface area contributed by atoms with Crippen LogP contribution in [0.15, 0.2) is 47.4 Å². The van der Waals surface area contributed by atoms with E-state index in [-0.39, 0.29) is 0 Å². The highest BCUT2D eigenvalue weighted by Crippen LogP contribution is 2.35. The summed E-state index contributed by atoms with van der Waals surface area (Å²) in [6.45, 7) is 4.02. The Morgan fingerprint density at radius 2 is 1.54 bits per heavy atom. The van der Waals surface area contributed by atoms with Crippen molar-refractivity contribution in [1.29, 1.82) is 0 Å². The number of aryl methyl sites for hydroxylation is 3. The summed E-state index contributed by atoms with van der Waals surface area (Å²) < 4.78 is 28.3. The molecule has 0 saturated carbocycles. The molecule has 0 spiro atoms. The predicted octanol–water partition coefficient (Wildman–Crippen LogP) is 4.37. The van der Waals surface area contributed by atoms with E-state index in [2.05, 4.69) is 13.0 Å². The van der Waals surface area contributed by atoms with E-state index in [4.69, 9.17) is 0 Å². The molecule has 0 atom stereocenters. The number of fused-ring (bicyclic) bond motifs is 3. The number of benzene rings is 2. The number of rotatable bonds is 2. The van der Waals surface area contributed by atoms with Gasteiger partial charge < -0.3 is 0 Å². The number of nitrogens with zero attached hydrogens (tertiary/aromatic N) is 1. The molecule has 0 bridgehead atoms. The van der Waals surface area contributed by atoms with Crippen molar-refractivity contribution in [2.24, 2.45) is 0 Å². The van der Waals surface area contributed by atoms with Crippen LogP contribution < -0.4 is 0 Å². The van der Waals surface area contributed by atoms with Crippen molar-refractivity contribution < 1.29 is 8.42 Å². The lowest BCUT2D eigenvalue weighted by atomic mass is 9.95. The van der Waals surface area contributed by atoms with Crippen molar-refractivity contribution in [3.8, 4) is 0 Å². The van der Waals surface area contributed by atoms with E-state index < -0.39 is 10.0 Å². The first kappa shape index (κ1) is 15.5. The average molecular weight is 339 g/mol. The summed E-state index contributed by atoms with van der Waals surface area (Å²) in [6.07, 6.45) is 3.97. The van der Waals surface area contributed by atoms with E-state index in [1.54, 1.807) is 16.1 Å². The van der Waals surface area contributed by atoms with E-state index in [9.17, 15) is 8.42 Å². The lowest BCUT2D eigenvalue weighted by molar-refractivity contribution is 0.582. The Kier molecular flexibility index (Phi) is 3.53. The minimum Gasteiger partial charge on any atom is -0.238 e. The summed E-state index contributed by atoms with van der Waals surface area (Å²) in [7, 11) is -3.58. The number of hydrogen-bond acceptors (Lipinski definition) is 2. The molecule has 0 unspecified atom stereocenters. The summed E-state index contributed by atoms with van der Waals surface area (Å²) in [5, 5.41) is 1.10. The highest BCUT2D eigenvalue weighted by atomic mass is 32.2. The maximum Gasteiger partial charge on any atom is 0.268 e. The molecule has 0 aliphatic heterocycles. The van der Waals surface area contributed by atoms with E-state index in [0.717, 1.165) is 47.8 Å². The summed E-state index contributed by atoms with van der Waals surface area (Å²) in [5.41, 5.74) is 5.23. The van der Waals surface area contributed by atoms with Crippen LogP contribution in [0.3, 0.4) is 0 Å². The Morgan fingerprint density at radius 1 is 0.875 bits per heavy atom. The fourth-order valence-electron chi connectivity index (χ4n) is 3.71. The normalized spacial score (nSPS) is 14.8. The number of aromatic nitrogens is 1. The molecule has 1 heterocycles. The molecule has 0 saturated heterocycles. The molecule has 2 aromatic carbocycles. The van der Waals surface area contributed by atoms with Crippen molar-refractivity contribution in [3.63, 3.8) is 0 Å². The standard InChI is InChI=1S/C20H21NO2S/c1-14-7-10-16(11-8-14)24(22,23)21-19-6-4-3-5-17(19)18-13-15(2)9-12-20(18)21/h7-13H,3-6H2,1-2H3. The van der Waals surface area contributed by atoms with Gasteiger partial charge in [0.15, 0.2) is 0 Å². The fraction of sp³-hybridized carbons (Fsp3) is 0.300. The van der Waals surface area contributed by atoms with Gasteiger partial charge in [-0.25, -0.2) is 12.4 Å². The van der Waals surface area contributed by atoms with Crippen LogP contribution in [0, 0.1) is 13.8 Å². The van der Waals surface area contributed by atoms with Gasteiger partial charge in [-0.15, -0.1) is 0 Å².